The van der Waals surface area contributed by atoms with Crippen LogP contribution in [0.5, 0.6) is 0 Å². The molecule has 0 radical (unpaired) electrons. The molecule has 3 aliphatic rings. The molecule has 0 spiro atoms. The summed E-state index contributed by atoms with van der Waals surface area (Å²) >= 11 is 0. The lowest BCUT2D eigenvalue weighted by molar-refractivity contribution is 0.520. The molecule has 0 saturated carbocycles. The average molecular weight is 691 g/mol. The maximum absolute atomic E-state index is 11.5. The first kappa shape index (κ1) is 31.6. The Bertz CT molecular complexity index is 2630. The van der Waals surface area contributed by atoms with Gasteiger partial charge in [-0.15, -0.1) is 0 Å². The minimum absolute atomic E-state index is 0.0377. The molecule has 0 N–H and O–H groups in total. The molecule has 4 heteroatoms. The minimum Gasteiger partial charge on any atom is -0.309 e. The SMILES string of the molecule is N#Cc1c(C#N)c(N(c2ccccc2)c2ccc3ccccc3c2)c2c(c1N(c1ccccc1)c1ccc3ccccc3c1)C1CCC2c2ccccc21. The first-order chi connectivity index (χ1) is 26.7. The third-order valence-electron chi connectivity index (χ3n) is 11.4. The van der Waals surface area contributed by atoms with Gasteiger partial charge in [0.05, 0.1) is 22.5 Å². The summed E-state index contributed by atoms with van der Waals surface area (Å²) in [5.41, 5.74) is 11.0. The van der Waals surface area contributed by atoms with Crippen LogP contribution in [0.2, 0.25) is 0 Å². The molecule has 254 valence electrons. The fraction of sp³-hybridized carbons (Fsp3) is 0.0800. The van der Waals surface area contributed by atoms with Crippen LogP contribution >= 0.6 is 0 Å². The summed E-state index contributed by atoms with van der Waals surface area (Å²) in [4.78, 5) is 4.47. The molecule has 11 rings (SSSR count). The molecule has 3 aliphatic carbocycles. The van der Waals surface area contributed by atoms with Crippen molar-refractivity contribution in [3.63, 3.8) is 0 Å². The van der Waals surface area contributed by atoms with Crippen LogP contribution in [-0.4, -0.2) is 0 Å². The standard InChI is InChI=1S/C50H34N4/c51-31-45-46(32-52)50(54(38-19-5-2-6-20-38)40-26-24-34-14-8-10-16-36(34)30-40)48-44-28-27-43(41-21-11-12-22-42(41)44)47(48)49(45)53(37-17-3-1-4-18-37)39-25-23-33-13-7-9-15-35(33)29-39/h1-26,29-30,43-44H,27-28H2. The van der Waals surface area contributed by atoms with E-state index in [9.17, 15) is 10.5 Å². The van der Waals surface area contributed by atoms with E-state index in [1.54, 1.807) is 0 Å². The van der Waals surface area contributed by atoms with Gasteiger partial charge in [0.15, 0.2) is 0 Å². The van der Waals surface area contributed by atoms with Gasteiger partial charge in [-0.3, -0.25) is 0 Å². The second-order valence-corrected chi connectivity index (χ2v) is 14.2. The third kappa shape index (κ3) is 4.89. The predicted octanol–water partition coefficient (Wildman–Crippen LogP) is 13.0. The maximum atomic E-state index is 11.5. The van der Waals surface area contributed by atoms with Crippen molar-refractivity contribution in [2.24, 2.45) is 0 Å². The lowest BCUT2D eigenvalue weighted by Crippen LogP contribution is -2.31. The molecule has 54 heavy (non-hydrogen) atoms. The van der Waals surface area contributed by atoms with Gasteiger partial charge in [-0.1, -0.05) is 121 Å². The topological polar surface area (TPSA) is 54.1 Å². The summed E-state index contributed by atoms with van der Waals surface area (Å²) in [6.45, 7) is 0. The number of benzene rings is 8. The lowest BCUT2D eigenvalue weighted by Gasteiger charge is -2.46. The van der Waals surface area contributed by atoms with E-state index in [4.69, 9.17) is 0 Å². The number of para-hydroxylation sites is 2. The van der Waals surface area contributed by atoms with Crippen molar-refractivity contribution in [2.75, 3.05) is 9.80 Å². The largest absolute Gasteiger partial charge is 0.309 e. The Labute approximate surface area is 315 Å². The molecule has 0 amide bonds. The van der Waals surface area contributed by atoms with Crippen molar-refractivity contribution in [2.45, 2.75) is 24.7 Å². The number of anilines is 6. The Morgan fingerprint density at radius 1 is 0.389 bits per heavy atom. The van der Waals surface area contributed by atoms with E-state index in [0.717, 1.165) is 79.6 Å². The van der Waals surface area contributed by atoms with Crippen LogP contribution in [-0.2, 0) is 0 Å². The molecule has 8 aromatic rings. The fourth-order valence-corrected chi connectivity index (χ4v) is 9.14. The van der Waals surface area contributed by atoms with Crippen molar-refractivity contribution in [3.8, 4) is 12.1 Å². The first-order valence-electron chi connectivity index (χ1n) is 18.5. The van der Waals surface area contributed by atoms with Crippen LogP contribution in [0.25, 0.3) is 21.5 Å². The average Bonchev–Trinajstić information content (AvgIpc) is 3.25. The Hall–Kier alpha value is -7.14. The quantitative estimate of drug-likeness (QED) is 0.174. The molecule has 2 bridgehead atoms. The molecule has 0 aliphatic heterocycles. The highest BCUT2D eigenvalue weighted by atomic mass is 15.2. The van der Waals surface area contributed by atoms with Crippen LogP contribution in [0.15, 0.2) is 170 Å². The summed E-state index contributed by atoms with van der Waals surface area (Å²) in [5.74, 6) is 0.0753. The predicted molar refractivity (Wildman–Crippen MR) is 220 cm³/mol. The van der Waals surface area contributed by atoms with Gasteiger partial charge < -0.3 is 9.80 Å². The second kappa shape index (κ2) is 12.8. The molecule has 8 aromatic carbocycles. The molecule has 2 atom stereocenters. The van der Waals surface area contributed by atoms with Gasteiger partial charge in [0.2, 0.25) is 0 Å². The molecular formula is C50H34N4. The Morgan fingerprint density at radius 3 is 1.17 bits per heavy atom. The maximum Gasteiger partial charge on any atom is 0.103 e. The van der Waals surface area contributed by atoms with E-state index in [1.807, 2.05) is 36.4 Å². The Morgan fingerprint density at radius 2 is 0.759 bits per heavy atom. The molecule has 0 heterocycles. The fourth-order valence-electron chi connectivity index (χ4n) is 9.14. The van der Waals surface area contributed by atoms with Gasteiger partial charge in [-0.2, -0.15) is 10.5 Å². The molecule has 2 unspecified atom stereocenters. The van der Waals surface area contributed by atoms with Gasteiger partial charge in [0.25, 0.3) is 0 Å². The molecule has 0 aromatic heterocycles. The zero-order valence-electron chi connectivity index (χ0n) is 29.5. The summed E-state index contributed by atoms with van der Waals surface area (Å²) < 4.78 is 0. The number of hydrogen-bond acceptors (Lipinski definition) is 4. The number of rotatable bonds is 6. The number of hydrogen-bond donors (Lipinski definition) is 0. The van der Waals surface area contributed by atoms with Crippen LogP contribution in [0, 0.1) is 22.7 Å². The van der Waals surface area contributed by atoms with E-state index >= 15 is 0 Å². The van der Waals surface area contributed by atoms with Crippen molar-refractivity contribution >= 4 is 55.7 Å². The summed E-state index contributed by atoms with van der Waals surface area (Å²) in [6, 6.07) is 64.4. The van der Waals surface area contributed by atoms with Gasteiger partial charge in [-0.25, -0.2) is 0 Å². The zero-order chi connectivity index (χ0) is 36.2. The highest BCUT2D eigenvalue weighted by Crippen LogP contribution is 2.62. The summed E-state index contributed by atoms with van der Waals surface area (Å²) in [6.07, 6.45) is 1.92. The van der Waals surface area contributed by atoms with E-state index in [2.05, 4.69) is 155 Å². The summed E-state index contributed by atoms with van der Waals surface area (Å²) in [5, 5.41) is 27.4. The molecule has 0 fully saturated rings. The highest BCUT2D eigenvalue weighted by Gasteiger charge is 2.45. The monoisotopic (exact) mass is 690 g/mol. The van der Waals surface area contributed by atoms with Crippen LogP contribution in [0.3, 0.4) is 0 Å². The van der Waals surface area contributed by atoms with Crippen LogP contribution in [0.4, 0.5) is 34.1 Å². The Balaban J connectivity index is 1.35. The van der Waals surface area contributed by atoms with E-state index in [0.29, 0.717) is 11.1 Å². The second-order valence-electron chi connectivity index (χ2n) is 14.2. The van der Waals surface area contributed by atoms with Crippen LogP contribution < -0.4 is 9.80 Å². The molecule has 4 nitrogen and oxygen atoms in total. The van der Waals surface area contributed by atoms with E-state index in [1.165, 1.54) is 11.1 Å². The zero-order valence-corrected chi connectivity index (χ0v) is 29.5. The van der Waals surface area contributed by atoms with Crippen molar-refractivity contribution < 1.29 is 0 Å². The highest BCUT2D eigenvalue weighted by molar-refractivity contribution is 5.98. The van der Waals surface area contributed by atoms with E-state index < -0.39 is 0 Å². The van der Waals surface area contributed by atoms with E-state index in [-0.39, 0.29) is 11.8 Å². The Kier molecular flexibility index (Phi) is 7.50. The normalized spacial score (nSPS) is 15.2. The minimum atomic E-state index is 0.0377. The van der Waals surface area contributed by atoms with Gasteiger partial charge in [0, 0.05) is 34.6 Å². The van der Waals surface area contributed by atoms with Gasteiger partial charge >= 0.3 is 0 Å². The number of fused-ring (bicyclic) bond motifs is 3. The summed E-state index contributed by atoms with van der Waals surface area (Å²) in [7, 11) is 0. The third-order valence-corrected chi connectivity index (χ3v) is 11.4. The lowest BCUT2D eigenvalue weighted by atomic mass is 9.62. The number of nitrogens with zero attached hydrogens (tertiary/aromatic N) is 4. The van der Waals surface area contributed by atoms with Crippen molar-refractivity contribution in [1.29, 1.82) is 10.5 Å². The first-order valence-corrected chi connectivity index (χ1v) is 18.5. The van der Waals surface area contributed by atoms with Crippen LogP contribution in [0.1, 0.15) is 58.1 Å². The van der Waals surface area contributed by atoms with Crippen molar-refractivity contribution in [1.82, 2.24) is 0 Å². The molecule has 0 saturated heterocycles. The van der Waals surface area contributed by atoms with Gasteiger partial charge in [0.1, 0.15) is 12.1 Å². The molecular weight excluding hydrogens is 657 g/mol. The number of nitriles is 2. The smallest absolute Gasteiger partial charge is 0.103 e. The van der Waals surface area contributed by atoms with Crippen molar-refractivity contribution in [3.05, 3.63) is 203 Å². The van der Waals surface area contributed by atoms with Gasteiger partial charge in [-0.05, 0) is 105 Å².